The van der Waals surface area contributed by atoms with Crippen molar-refractivity contribution in [2.75, 3.05) is 17.4 Å². The minimum absolute atomic E-state index is 0.107. The molecule has 0 bridgehead atoms. The third-order valence-electron chi connectivity index (χ3n) is 4.37. The van der Waals surface area contributed by atoms with Crippen molar-refractivity contribution in [1.29, 1.82) is 0 Å². The summed E-state index contributed by atoms with van der Waals surface area (Å²) in [7, 11) is 0. The molecular formula is C21H15N3O6. The standard InChI is InChI=1S/C21H15N3O6/c25-20(13-4-3-5-15(10-13)24(27)28)23-17-7-2-1-6-16(17)21(26)22-14-8-9-18-19(11-14)30-12-29-18/h1-11H,12H2,(H,22,26)(H,23,25). The molecule has 0 unspecified atom stereocenters. The molecule has 150 valence electrons. The predicted molar refractivity (Wildman–Crippen MR) is 108 cm³/mol. The highest BCUT2D eigenvalue weighted by Crippen LogP contribution is 2.34. The van der Waals surface area contributed by atoms with Crippen molar-refractivity contribution in [3.05, 3.63) is 88.0 Å². The molecule has 0 atom stereocenters. The van der Waals surface area contributed by atoms with Crippen LogP contribution in [0, 0.1) is 10.1 Å². The van der Waals surface area contributed by atoms with Crippen molar-refractivity contribution in [2.24, 2.45) is 0 Å². The normalized spacial score (nSPS) is 11.6. The molecule has 0 radical (unpaired) electrons. The van der Waals surface area contributed by atoms with E-state index in [0.717, 1.165) is 0 Å². The number of para-hydroxylation sites is 1. The van der Waals surface area contributed by atoms with Gasteiger partial charge in [-0.1, -0.05) is 18.2 Å². The largest absolute Gasteiger partial charge is 0.454 e. The molecule has 0 spiro atoms. The first-order valence-corrected chi connectivity index (χ1v) is 8.87. The van der Waals surface area contributed by atoms with Crippen molar-refractivity contribution in [2.45, 2.75) is 0 Å². The number of ether oxygens (including phenoxy) is 2. The van der Waals surface area contributed by atoms with Crippen LogP contribution in [-0.2, 0) is 0 Å². The van der Waals surface area contributed by atoms with Crippen molar-refractivity contribution in [3.63, 3.8) is 0 Å². The Hall–Kier alpha value is -4.40. The maximum absolute atomic E-state index is 12.8. The Morgan fingerprint density at radius 2 is 1.67 bits per heavy atom. The molecular weight excluding hydrogens is 390 g/mol. The zero-order chi connectivity index (χ0) is 21.1. The van der Waals surface area contributed by atoms with Crippen LogP contribution in [-0.4, -0.2) is 23.5 Å². The first-order chi connectivity index (χ1) is 14.5. The van der Waals surface area contributed by atoms with Crippen molar-refractivity contribution >= 4 is 28.9 Å². The number of hydrogen-bond acceptors (Lipinski definition) is 6. The number of anilines is 2. The second kappa shape index (κ2) is 7.92. The van der Waals surface area contributed by atoms with E-state index < -0.39 is 16.7 Å². The topological polar surface area (TPSA) is 120 Å². The Bertz CT molecular complexity index is 1160. The van der Waals surface area contributed by atoms with Crippen molar-refractivity contribution in [3.8, 4) is 11.5 Å². The fourth-order valence-electron chi connectivity index (χ4n) is 2.92. The molecule has 2 amide bonds. The Balaban J connectivity index is 1.53. The smallest absolute Gasteiger partial charge is 0.270 e. The lowest BCUT2D eigenvalue weighted by molar-refractivity contribution is -0.384. The van der Waals surface area contributed by atoms with Crippen LogP contribution in [0.3, 0.4) is 0 Å². The lowest BCUT2D eigenvalue weighted by atomic mass is 10.1. The highest BCUT2D eigenvalue weighted by molar-refractivity contribution is 6.12. The van der Waals surface area contributed by atoms with E-state index in [4.69, 9.17) is 9.47 Å². The van der Waals surface area contributed by atoms with E-state index in [2.05, 4.69) is 10.6 Å². The van der Waals surface area contributed by atoms with E-state index in [1.807, 2.05) is 0 Å². The summed E-state index contributed by atoms with van der Waals surface area (Å²) >= 11 is 0. The number of carbonyl (C=O) groups excluding carboxylic acids is 2. The molecule has 0 aliphatic carbocycles. The fourth-order valence-corrected chi connectivity index (χ4v) is 2.92. The molecule has 3 aromatic rings. The van der Waals surface area contributed by atoms with E-state index in [1.165, 1.54) is 24.3 Å². The van der Waals surface area contributed by atoms with Crippen LogP contribution in [0.25, 0.3) is 0 Å². The molecule has 0 saturated heterocycles. The van der Waals surface area contributed by atoms with Gasteiger partial charge in [-0.25, -0.2) is 0 Å². The van der Waals surface area contributed by atoms with E-state index in [0.29, 0.717) is 17.2 Å². The summed E-state index contributed by atoms with van der Waals surface area (Å²) in [4.78, 5) is 35.7. The SMILES string of the molecule is O=C(Nc1ccccc1C(=O)Nc1ccc2c(c1)OCO2)c1cccc([N+](=O)[O-])c1. The number of non-ortho nitro benzene ring substituents is 1. The summed E-state index contributed by atoms with van der Waals surface area (Å²) in [6.07, 6.45) is 0. The van der Waals surface area contributed by atoms with Gasteiger partial charge in [0.1, 0.15) is 0 Å². The summed E-state index contributed by atoms with van der Waals surface area (Å²) in [6.45, 7) is 0.124. The number of carbonyl (C=O) groups is 2. The summed E-state index contributed by atoms with van der Waals surface area (Å²) in [5, 5.41) is 16.3. The van der Waals surface area contributed by atoms with Crippen LogP contribution in [0.5, 0.6) is 11.5 Å². The second-order valence-electron chi connectivity index (χ2n) is 6.33. The Kier molecular flexibility index (Phi) is 5.00. The van der Waals surface area contributed by atoms with Gasteiger partial charge in [0, 0.05) is 29.4 Å². The average molecular weight is 405 g/mol. The van der Waals surface area contributed by atoms with Gasteiger partial charge >= 0.3 is 0 Å². The lowest BCUT2D eigenvalue weighted by Gasteiger charge is -2.12. The quantitative estimate of drug-likeness (QED) is 0.492. The molecule has 0 saturated carbocycles. The van der Waals surface area contributed by atoms with E-state index >= 15 is 0 Å². The summed E-state index contributed by atoms with van der Waals surface area (Å²) in [6, 6.07) is 16.8. The van der Waals surface area contributed by atoms with Gasteiger partial charge in [-0.2, -0.15) is 0 Å². The summed E-state index contributed by atoms with van der Waals surface area (Å²) in [5.41, 5.74) is 0.914. The lowest BCUT2D eigenvalue weighted by Crippen LogP contribution is -2.18. The maximum Gasteiger partial charge on any atom is 0.270 e. The van der Waals surface area contributed by atoms with Gasteiger partial charge in [-0.05, 0) is 30.3 Å². The van der Waals surface area contributed by atoms with Gasteiger partial charge in [-0.3, -0.25) is 19.7 Å². The monoisotopic (exact) mass is 405 g/mol. The first-order valence-electron chi connectivity index (χ1n) is 8.87. The molecule has 3 aromatic carbocycles. The van der Waals surface area contributed by atoms with Crippen molar-refractivity contribution < 1.29 is 24.0 Å². The van der Waals surface area contributed by atoms with Crippen molar-refractivity contribution in [1.82, 2.24) is 0 Å². The molecule has 9 heteroatoms. The molecule has 30 heavy (non-hydrogen) atoms. The Morgan fingerprint density at radius 1 is 0.867 bits per heavy atom. The highest BCUT2D eigenvalue weighted by Gasteiger charge is 2.18. The predicted octanol–water partition coefficient (Wildman–Crippen LogP) is 3.83. The number of nitrogens with zero attached hydrogens (tertiary/aromatic N) is 1. The highest BCUT2D eigenvalue weighted by atomic mass is 16.7. The number of rotatable bonds is 5. The Morgan fingerprint density at radius 3 is 2.50 bits per heavy atom. The molecule has 9 nitrogen and oxygen atoms in total. The third kappa shape index (κ3) is 3.90. The van der Waals surface area contributed by atoms with Crippen LogP contribution in [0.2, 0.25) is 0 Å². The van der Waals surface area contributed by atoms with Crippen LogP contribution in [0.1, 0.15) is 20.7 Å². The zero-order valence-electron chi connectivity index (χ0n) is 15.5. The van der Waals surface area contributed by atoms with Crippen LogP contribution < -0.4 is 20.1 Å². The number of nitrogens with one attached hydrogen (secondary N) is 2. The molecule has 1 aliphatic rings. The Labute approximate surface area is 170 Å². The molecule has 0 fully saturated rings. The van der Waals surface area contributed by atoms with Gasteiger partial charge in [0.2, 0.25) is 6.79 Å². The van der Waals surface area contributed by atoms with Gasteiger partial charge in [0.25, 0.3) is 17.5 Å². The van der Waals surface area contributed by atoms with E-state index in [1.54, 1.807) is 42.5 Å². The maximum atomic E-state index is 12.8. The molecule has 4 rings (SSSR count). The molecule has 2 N–H and O–H groups in total. The minimum atomic E-state index is -0.580. The van der Waals surface area contributed by atoms with Gasteiger partial charge in [0.15, 0.2) is 11.5 Å². The molecule has 1 heterocycles. The van der Waals surface area contributed by atoms with Gasteiger partial charge in [0.05, 0.1) is 16.2 Å². The minimum Gasteiger partial charge on any atom is -0.454 e. The zero-order valence-corrected chi connectivity index (χ0v) is 15.5. The molecule has 1 aliphatic heterocycles. The molecule has 0 aromatic heterocycles. The first kappa shape index (κ1) is 18.9. The van der Waals surface area contributed by atoms with Gasteiger partial charge in [-0.15, -0.1) is 0 Å². The number of amides is 2. The number of nitro groups is 1. The summed E-state index contributed by atoms with van der Waals surface area (Å²) in [5.74, 6) is 0.114. The second-order valence-corrected chi connectivity index (χ2v) is 6.33. The number of benzene rings is 3. The van der Waals surface area contributed by atoms with E-state index in [9.17, 15) is 19.7 Å². The average Bonchev–Trinajstić information content (AvgIpc) is 3.22. The fraction of sp³-hybridized carbons (Fsp3) is 0.0476. The number of nitro benzene ring substituents is 1. The number of hydrogen-bond donors (Lipinski definition) is 2. The van der Waals surface area contributed by atoms with Crippen LogP contribution in [0.15, 0.2) is 66.7 Å². The van der Waals surface area contributed by atoms with Gasteiger partial charge < -0.3 is 20.1 Å². The third-order valence-corrected chi connectivity index (χ3v) is 4.37. The van der Waals surface area contributed by atoms with E-state index in [-0.39, 0.29) is 29.3 Å². The summed E-state index contributed by atoms with van der Waals surface area (Å²) < 4.78 is 10.5. The van der Waals surface area contributed by atoms with Crippen LogP contribution >= 0.6 is 0 Å². The van der Waals surface area contributed by atoms with Crippen LogP contribution in [0.4, 0.5) is 17.1 Å². The number of fused-ring (bicyclic) bond motifs is 1.